The van der Waals surface area contributed by atoms with Crippen LogP contribution in [0.15, 0.2) is 0 Å². The Labute approximate surface area is 107 Å². The predicted octanol–water partition coefficient (Wildman–Crippen LogP) is 1.71. The molecule has 0 spiro atoms. The average Bonchev–Trinajstić information content (AvgIpc) is 2.14. The van der Waals surface area contributed by atoms with Crippen LogP contribution in [-0.2, 0) is 0 Å². The molecule has 3 nitrogen and oxygen atoms in total. The van der Waals surface area contributed by atoms with E-state index in [1.807, 2.05) is 0 Å². The van der Waals surface area contributed by atoms with Crippen LogP contribution < -0.4 is 5.32 Å². The van der Waals surface area contributed by atoms with Crippen LogP contribution >= 0.6 is 0 Å². The fourth-order valence-corrected chi connectivity index (χ4v) is 2.99. The highest BCUT2D eigenvalue weighted by molar-refractivity contribution is 4.84. The van der Waals surface area contributed by atoms with E-state index in [1.165, 1.54) is 19.4 Å². The largest absolute Gasteiger partial charge is 0.396 e. The molecular formula is C14H30N2O. The van der Waals surface area contributed by atoms with Crippen LogP contribution in [0.5, 0.6) is 0 Å². The first-order chi connectivity index (χ1) is 7.90. The van der Waals surface area contributed by atoms with Gasteiger partial charge in [-0.3, -0.25) is 0 Å². The van der Waals surface area contributed by atoms with E-state index in [-0.39, 0.29) is 0 Å². The van der Waals surface area contributed by atoms with Crippen molar-refractivity contribution in [3.05, 3.63) is 0 Å². The third-order valence-electron chi connectivity index (χ3n) is 3.39. The quantitative estimate of drug-likeness (QED) is 0.721. The maximum absolute atomic E-state index is 8.80. The fourth-order valence-electron chi connectivity index (χ4n) is 2.99. The lowest BCUT2D eigenvalue weighted by molar-refractivity contribution is 0.134. The van der Waals surface area contributed by atoms with Crippen LogP contribution in [-0.4, -0.2) is 49.3 Å². The minimum absolute atomic E-state index is 0.293. The van der Waals surface area contributed by atoms with Crippen LogP contribution in [0.2, 0.25) is 0 Å². The van der Waals surface area contributed by atoms with Gasteiger partial charge in [0.2, 0.25) is 0 Å². The summed E-state index contributed by atoms with van der Waals surface area (Å²) in [5, 5.41) is 12.4. The summed E-state index contributed by atoms with van der Waals surface area (Å²) in [6.45, 7) is 10.6. The molecule has 1 aliphatic heterocycles. The second kappa shape index (κ2) is 6.72. The molecule has 1 saturated heterocycles. The molecule has 3 heteroatoms. The van der Waals surface area contributed by atoms with E-state index < -0.39 is 0 Å². The lowest BCUT2D eigenvalue weighted by Gasteiger charge is -2.38. The lowest BCUT2D eigenvalue weighted by atomic mass is 9.80. The van der Waals surface area contributed by atoms with Crippen LogP contribution in [0.1, 0.15) is 40.0 Å². The van der Waals surface area contributed by atoms with Crippen molar-refractivity contribution in [3.63, 3.8) is 0 Å². The van der Waals surface area contributed by atoms with Gasteiger partial charge in [0.05, 0.1) is 0 Å². The molecule has 2 N–H and O–H groups in total. The molecule has 2 atom stereocenters. The van der Waals surface area contributed by atoms with E-state index in [9.17, 15) is 0 Å². The number of nitrogens with zero attached hydrogens (tertiary/aromatic N) is 1. The highest BCUT2D eigenvalue weighted by Crippen LogP contribution is 2.29. The molecule has 17 heavy (non-hydrogen) atoms. The summed E-state index contributed by atoms with van der Waals surface area (Å²) in [5.41, 5.74) is 0.429. The maximum atomic E-state index is 8.80. The number of likely N-dealkylation sites (N-methyl/N-ethyl adjacent to an activating group) is 1. The van der Waals surface area contributed by atoms with Crippen molar-refractivity contribution in [2.75, 3.05) is 33.3 Å². The van der Waals surface area contributed by atoms with E-state index in [1.54, 1.807) is 0 Å². The highest BCUT2D eigenvalue weighted by Gasteiger charge is 2.27. The van der Waals surface area contributed by atoms with Gasteiger partial charge in [0, 0.05) is 25.7 Å². The van der Waals surface area contributed by atoms with E-state index in [2.05, 4.69) is 38.0 Å². The molecule has 1 aliphatic rings. The van der Waals surface area contributed by atoms with E-state index >= 15 is 0 Å². The Morgan fingerprint density at radius 1 is 1.29 bits per heavy atom. The minimum atomic E-state index is 0.293. The van der Waals surface area contributed by atoms with Gasteiger partial charge in [0.1, 0.15) is 0 Å². The van der Waals surface area contributed by atoms with Crippen LogP contribution in [0, 0.1) is 11.3 Å². The Balaban J connectivity index is 2.36. The molecule has 1 rings (SSSR count). The summed E-state index contributed by atoms with van der Waals surface area (Å²) < 4.78 is 0. The second-order valence-electron chi connectivity index (χ2n) is 6.82. The molecule has 0 bridgehead atoms. The number of nitrogens with one attached hydrogen (secondary N) is 1. The molecule has 0 amide bonds. The van der Waals surface area contributed by atoms with Gasteiger partial charge in [-0.1, -0.05) is 20.8 Å². The molecule has 0 aliphatic carbocycles. The molecule has 1 fully saturated rings. The van der Waals surface area contributed by atoms with Crippen molar-refractivity contribution < 1.29 is 5.11 Å². The van der Waals surface area contributed by atoms with Gasteiger partial charge in [0.25, 0.3) is 0 Å². The number of likely N-dealkylation sites (tertiary alicyclic amines) is 1. The van der Waals surface area contributed by atoms with Crippen LogP contribution in [0.3, 0.4) is 0 Å². The SMILES string of the molecule is CN1CC(CC(C)(C)C)CC(NCCCO)C1. The average molecular weight is 242 g/mol. The number of hydrogen-bond acceptors (Lipinski definition) is 3. The molecule has 0 aromatic carbocycles. The normalized spacial score (nSPS) is 27.4. The Bertz CT molecular complexity index is 213. The van der Waals surface area contributed by atoms with Crippen molar-refractivity contribution in [2.45, 2.75) is 46.1 Å². The fraction of sp³-hybridized carbons (Fsp3) is 1.00. The Hall–Kier alpha value is -0.120. The van der Waals surface area contributed by atoms with Gasteiger partial charge < -0.3 is 15.3 Å². The first kappa shape index (κ1) is 14.9. The van der Waals surface area contributed by atoms with Crippen molar-refractivity contribution in [1.29, 1.82) is 0 Å². The zero-order valence-corrected chi connectivity index (χ0v) is 12.0. The minimum Gasteiger partial charge on any atom is -0.396 e. The molecule has 102 valence electrons. The van der Waals surface area contributed by atoms with Crippen molar-refractivity contribution in [2.24, 2.45) is 11.3 Å². The summed E-state index contributed by atoms with van der Waals surface area (Å²) >= 11 is 0. The Morgan fingerprint density at radius 2 is 2.00 bits per heavy atom. The summed E-state index contributed by atoms with van der Waals surface area (Å²) in [5.74, 6) is 0.806. The van der Waals surface area contributed by atoms with Gasteiger partial charge in [0.15, 0.2) is 0 Å². The Kier molecular flexibility index (Phi) is 5.90. The summed E-state index contributed by atoms with van der Waals surface area (Å²) in [4.78, 5) is 2.44. The zero-order chi connectivity index (χ0) is 12.9. The second-order valence-corrected chi connectivity index (χ2v) is 6.82. The standard InChI is InChI=1S/C14H30N2O/c1-14(2,3)9-12-8-13(11-16(4)10-12)15-6-5-7-17/h12-13,15,17H,5-11H2,1-4H3. The van der Waals surface area contributed by atoms with Crippen molar-refractivity contribution in [3.8, 4) is 0 Å². The smallest absolute Gasteiger partial charge is 0.0443 e. The number of rotatable bonds is 5. The van der Waals surface area contributed by atoms with Gasteiger partial charge in [-0.2, -0.15) is 0 Å². The van der Waals surface area contributed by atoms with Gasteiger partial charge in [-0.05, 0) is 44.2 Å². The molecule has 0 saturated carbocycles. The molecule has 2 unspecified atom stereocenters. The van der Waals surface area contributed by atoms with E-state index in [0.29, 0.717) is 18.1 Å². The molecular weight excluding hydrogens is 212 g/mol. The first-order valence-electron chi connectivity index (χ1n) is 6.93. The molecule has 1 heterocycles. The van der Waals surface area contributed by atoms with Gasteiger partial charge in [-0.15, -0.1) is 0 Å². The number of hydrogen-bond donors (Lipinski definition) is 2. The lowest BCUT2D eigenvalue weighted by Crippen LogP contribution is -2.48. The van der Waals surface area contributed by atoms with Gasteiger partial charge >= 0.3 is 0 Å². The number of aliphatic hydroxyl groups is 1. The maximum Gasteiger partial charge on any atom is 0.0443 e. The van der Waals surface area contributed by atoms with Crippen molar-refractivity contribution in [1.82, 2.24) is 10.2 Å². The highest BCUT2D eigenvalue weighted by atomic mass is 16.3. The monoisotopic (exact) mass is 242 g/mol. The third-order valence-corrected chi connectivity index (χ3v) is 3.39. The topological polar surface area (TPSA) is 35.5 Å². The molecule has 0 aromatic rings. The summed E-state index contributed by atoms with van der Waals surface area (Å²) in [7, 11) is 2.22. The molecule has 0 aromatic heterocycles. The zero-order valence-electron chi connectivity index (χ0n) is 12.0. The van der Waals surface area contributed by atoms with Gasteiger partial charge in [-0.25, -0.2) is 0 Å². The van der Waals surface area contributed by atoms with Crippen LogP contribution in [0.4, 0.5) is 0 Å². The molecule has 0 radical (unpaired) electrons. The Morgan fingerprint density at radius 3 is 2.59 bits per heavy atom. The number of piperidine rings is 1. The summed E-state index contributed by atoms with van der Waals surface area (Å²) in [6.07, 6.45) is 3.45. The third kappa shape index (κ3) is 6.39. The van der Waals surface area contributed by atoms with E-state index in [4.69, 9.17) is 5.11 Å². The van der Waals surface area contributed by atoms with Crippen molar-refractivity contribution >= 4 is 0 Å². The van der Waals surface area contributed by atoms with E-state index in [0.717, 1.165) is 25.4 Å². The first-order valence-corrected chi connectivity index (χ1v) is 6.93. The summed E-state index contributed by atoms with van der Waals surface area (Å²) in [6, 6.07) is 0.604. The van der Waals surface area contributed by atoms with Crippen LogP contribution in [0.25, 0.3) is 0 Å². The predicted molar refractivity (Wildman–Crippen MR) is 73.2 cm³/mol. The number of aliphatic hydroxyl groups excluding tert-OH is 1.